The van der Waals surface area contributed by atoms with Crippen molar-refractivity contribution in [3.63, 3.8) is 0 Å². The van der Waals surface area contributed by atoms with Crippen LogP contribution >= 0.6 is 0 Å². The molecule has 0 atom stereocenters. The van der Waals surface area contributed by atoms with Gasteiger partial charge in [-0.1, -0.05) is 6.07 Å². The Balaban J connectivity index is 2.45. The average molecular weight is 305 g/mol. The molecule has 2 N–H and O–H groups in total. The van der Waals surface area contributed by atoms with Crippen molar-refractivity contribution in [3.8, 4) is 0 Å². The monoisotopic (exact) mass is 305 g/mol. The van der Waals surface area contributed by atoms with E-state index in [0.29, 0.717) is 25.5 Å². The van der Waals surface area contributed by atoms with Gasteiger partial charge in [-0.25, -0.2) is 4.99 Å². The van der Waals surface area contributed by atoms with Crippen LogP contribution in [0.2, 0.25) is 0 Å². The molecule has 0 bridgehead atoms. The smallest absolute Gasteiger partial charge is 0.224 e. The Bertz CT molecular complexity index is 457. The van der Waals surface area contributed by atoms with Crippen molar-refractivity contribution in [1.82, 2.24) is 20.5 Å². The molecule has 1 rings (SSSR count). The number of nitrogens with zero attached hydrogens (tertiary/aromatic N) is 3. The predicted molar refractivity (Wildman–Crippen MR) is 89.6 cm³/mol. The zero-order valence-electron chi connectivity index (χ0n) is 13.8. The lowest BCUT2D eigenvalue weighted by Gasteiger charge is -2.19. The highest BCUT2D eigenvalue weighted by atomic mass is 16.2. The van der Waals surface area contributed by atoms with Crippen molar-refractivity contribution >= 4 is 11.9 Å². The zero-order chi connectivity index (χ0) is 16.2. The van der Waals surface area contributed by atoms with Crippen LogP contribution in [0.25, 0.3) is 0 Å². The number of hydrogen-bond donors (Lipinski definition) is 2. The maximum atomic E-state index is 11.9. The lowest BCUT2D eigenvalue weighted by atomic mass is 10.3. The van der Waals surface area contributed by atoms with E-state index in [0.717, 1.165) is 25.3 Å². The summed E-state index contributed by atoms with van der Waals surface area (Å²) in [5.41, 5.74) is 0.916. The largest absolute Gasteiger partial charge is 0.357 e. The van der Waals surface area contributed by atoms with Crippen LogP contribution in [0.3, 0.4) is 0 Å². The minimum Gasteiger partial charge on any atom is -0.357 e. The van der Waals surface area contributed by atoms with Gasteiger partial charge in [0.2, 0.25) is 5.91 Å². The molecule has 0 radical (unpaired) electrons. The third kappa shape index (κ3) is 6.56. The van der Waals surface area contributed by atoms with Gasteiger partial charge in [0.25, 0.3) is 0 Å². The number of carbonyl (C=O) groups is 1. The van der Waals surface area contributed by atoms with Crippen LogP contribution in [-0.4, -0.2) is 47.9 Å². The zero-order valence-corrected chi connectivity index (χ0v) is 13.8. The van der Waals surface area contributed by atoms with E-state index in [1.165, 1.54) is 0 Å². The molecule has 0 saturated carbocycles. The van der Waals surface area contributed by atoms with Crippen molar-refractivity contribution < 1.29 is 4.79 Å². The minimum absolute atomic E-state index is 0.165. The first kappa shape index (κ1) is 17.9. The highest BCUT2D eigenvalue weighted by molar-refractivity contribution is 5.81. The van der Waals surface area contributed by atoms with Crippen molar-refractivity contribution in [3.05, 3.63) is 30.1 Å². The molecule has 1 aromatic heterocycles. The van der Waals surface area contributed by atoms with Gasteiger partial charge in [0, 0.05) is 38.8 Å². The molecule has 0 fully saturated rings. The Morgan fingerprint density at radius 1 is 1.23 bits per heavy atom. The molecule has 1 heterocycles. The highest BCUT2D eigenvalue weighted by Gasteiger charge is 2.09. The van der Waals surface area contributed by atoms with E-state index >= 15 is 0 Å². The normalized spacial score (nSPS) is 11.1. The highest BCUT2D eigenvalue weighted by Crippen LogP contribution is 1.96. The fraction of sp³-hybridized carbons (Fsp3) is 0.562. The van der Waals surface area contributed by atoms with Gasteiger partial charge in [-0.05, 0) is 32.9 Å². The molecule has 0 unspecified atom stereocenters. The fourth-order valence-electron chi connectivity index (χ4n) is 2.02. The Morgan fingerprint density at radius 2 is 2.00 bits per heavy atom. The molecule has 0 aliphatic rings. The second-order valence-electron chi connectivity index (χ2n) is 4.76. The second-order valence-corrected chi connectivity index (χ2v) is 4.76. The molecule has 122 valence electrons. The van der Waals surface area contributed by atoms with Crippen molar-refractivity contribution in [1.29, 1.82) is 0 Å². The summed E-state index contributed by atoms with van der Waals surface area (Å²) in [4.78, 5) is 22.5. The molecule has 0 saturated heterocycles. The van der Waals surface area contributed by atoms with Gasteiger partial charge in [-0.2, -0.15) is 0 Å². The van der Waals surface area contributed by atoms with Crippen LogP contribution in [0, 0.1) is 0 Å². The lowest BCUT2D eigenvalue weighted by Crippen LogP contribution is -2.40. The number of carbonyl (C=O) groups excluding carboxylic acids is 1. The average Bonchev–Trinajstić information content (AvgIpc) is 2.54. The summed E-state index contributed by atoms with van der Waals surface area (Å²) < 4.78 is 0. The number of aliphatic imine (C=N–C) groups is 1. The van der Waals surface area contributed by atoms with Crippen molar-refractivity contribution in [2.45, 2.75) is 33.7 Å². The van der Waals surface area contributed by atoms with E-state index in [1.54, 1.807) is 6.20 Å². The van der Waals surface area contributed by atoms with Crippen LogP contribution in [0.15, 0.2) is 29.4 Å². The van der Waals surface area contributed by atoms with Gasteiger partial charge in [0.1, 0.15) is 0 Å². The third-order valence-electron chi connectivity index (χ3n) is 3.22. The fourth-order valence-corrected chi connectivity index (χ4v) is 2.02. The summed E-state index contributed by atoms with van der Waals surface area (Å²) in [6, 6.07) is 5.77. The molecule has 1 aromatic rings. The summed E-state index contributed by atoms with van der Waals surface area (Å²) in [5.74, 6) is 0.874. The standard InChI is InChI=1S/C16H27N5O/c1-4-17-16(20-13-14-9-7-8-11-18-14)19-12-10-15(22)21(5-2)6-3/h7-9,11H,4-6,10,12-13H2,1-3H3,(H2,17,19,20). The molecular weight excluding hydrogens is 278 g/mol. The van der Waals surface area contributed by atoms with Gasteiger partial charge >= 0.3 is 0 Å². The molecule has 0 spiro atoms. The van der Waals surface area contributed by atoms with E-state index < -0.39 is 0 Å². The molecule has 0 aromatic carbocycles. The Morgan fingerprint density at radius 3 is 2.59 bits per heavy atom. The first-order valence-electron chi connectivity index (χ1n) is 7.91. The van der Waals surface area contributed by atoms with Crippen LogP contribution in [0.4, 0.5) is 0 Å². The summed E-state index contributed by atoms with van der Waals surface area (Å²) in [5, 5.41) is 6.36. The third-order valence-corrected chi connectivity index (χ3v) is 3.22. The molecular formula is C16H27N5O. The minimum atomic E-state index is 0.165. The number of rotatable bonds is 8. The number of hydrogen-bond acceptors (Lipinski definition) is 3. The molecule has 22 heavy (non-hydrogen) atoms. The Kier molecular flexibility index (Phi) is 8.64. The second kappa shape index (κ2) is 10.6. The van der Waals surface area contributed by atoms with E-state index in [1.807, 2.05) is 43.9 Å². The molecule has 0 aliphatic heterocycles. The number of nitrogens with one attached hydrogen (secondary N) is 2. The molecule has 6 heteroatoms. The first-order valence-corrected chi connectivity index (χ1v) is 7.91. The van der Waals surface area contributed by atoms with Crippen molar-refractivity contribution in [2.75, 3.05) is 26.2 Å². The van der Waals surface area contributed by atoms with Gasteiger partial charge in [-0.15, -0.1) is 0 Å². The van der Waals surface area contributed by atoms with Crippen LogP contribution in [-0.2, 0) is 11.3 Å². The summed E-state index contributed by atoms with van der Waals surface area (Å²) in [7, 11) is 0. The van der Waals surface area contributed by atoms with E-state index in [4.69, 9.17) is 0 Å². The Labute approximate surface area is 133 Å². The van der Waals surface area contributed by atoms with E-state index in [9.17, 15) is 4.79 Å². The van der Waals surface area contributed by atoms with Gasteiger partial charge < -0.3 is 15.5 Å². The lowest BCUT2D eigenvalue weighted by molar-refractivity contribution is -0.130. The van der Waals surface area contributed by atoms with Crippen molar-refractivity contribution in [2.24, 2.45) is 4.99 Å². The summed E-state index contributed by atoms with van der Waals surface area (Å²) in [6.45, 7) is 9.37. The maximum absolute atomic E-state index is 11.9. The number of pyridine rings is 1. The Hall–Kier alpha value is -2.11. The van der Waals surface area contributed by atoms with Crippen LogP contribution in [0.1, 0.15) is 32.9 Å². The van der Waals surface area contributed by atoms with Gasteiger partial charge in [0.15, 0.2) is 5.96 Å². The van der Waals surface area contributed by atoms with Crippen LogP contribution < -0.4 is 10.6 Å². The number of aromatic nitrogens is 1. The predicted octanol–water partition coefficient (Wildman–Crippen LogP) is 1.40. The summed E-state index contributed by atoms with van der Waals surface area (Å²) >= 11 is 0. The maximum Gasteiger partial charge on any atom is 0.224 e. The van der Waals surface area contributed by atoms with E-state index in [2.05, 4.69) is 20.6 Å². The molecule has 1 amide bonds. The quantitative estimate of drug-likeness (QED) is 0.562. The topological polar surface area (TPSA) is 69.6 Å². The van der Waals surface area contributed by atoms with E-state index in [-0.39, 0.29) is 5.91 Å². The molecule has 6 nitrogen and oxygen atoms in total. The SMILES string of the molecule is CCNC(=NCc1ccccn1)NCCC(=O)N(CC)CC. The van der Waals surface area contributed by atoms with Gasteiger partial charge in [0.05, 0.1) is 12.2 Å². The number of amides is 1. The first-order chi connectivity index (χ1) is 10.7. The summed E-state index contributed by atoms with van der Waals surface area (Å²) in [6.07, 6.45) is 2.23. The molecule has 0 aliphatic carbocycles. The van der Waals surface area contributed by atoms with Crippen LogP contribution in [0.5, 0.6) is 0 Å². The number of guanidine groups is 1. The van der Waals surface area contributed by atoms with Gasteiger partial charge in [-0.3, -0.25) is 9.78 Å².